The maximum atomic E-state index is 13.5. The van der Waals surface area contributed by atoms with E-state index in [1.54, 1.807) is 49.2 Å². The van der Waals surface area contributed by atoms with Crippen molar-refractivity contribution in [3.8, 4) is 11.4 Å². The molecular weight excluding hydrogens is 482 g/mol. The number of rotatable bonds is 5. The summed E-state index contributed by atoms with van der Waals surface area (Å²) >= 11 is 6.59. The lowest BCUT2D eigenvalue weighted by Crippen LogP contribution is -2.48. The summed E-state index contributed by atoms with van der Waals surface area (Å²) in [6.07, 6.45) is 3.27. The van der Waals surface area contributed by atoms with Gasteiger partial charge in [-0.05, 0) is 32.0 Å². The predicted octanol–water partition coefficient (Wildman–Crippen LogP) is 3.17. The second-order valence-corrected chi connectivity index (χ2v) is 9.98. The highest BCUT2D eigenvalue weighted by Gasteiger charge is 2.26. The van der Waals surface area contributed by atoms with E-state index in [0.717, 1.165) is 29.7 Å². The summed E-state index contributed by atoms with van der Waals surface area (Å²) in [6, 6.07) is 5.29. The number of carbonyl (C=O) groups is 1. The van der Waals surface area contributed by atoms with Crippen LogP contribution in [0.3, 0.4) is 0 Å². The molecule has 0 atom stereocenters. The third-order valence-electron chi connectivity index (χ3n) is 6.33. The van der Waals surface area contributed by atoms with Crippen molar-refractivity contribution in [1.29, 1.82) is 0 Å². The molecule has 1 aliphatic heterocycles. The second kappa shape index (κ2) is 9.27. The number of aliphatic hydroxyl groups is 1. The Bertz CT molecular complexity index is 1430. The van der Waals surface area contributed by atoms with Crippen LogP contribution in [-0.2, 0) is 19.2 Å². The number of oxazole rings is 1. The summed E-state index contributed by atoms with van der Waals surface area (Å²) in [6.45, 7) is 8.42. The number of aryl methyl sites for hydroxylation is 2. The lowest BCUT2D eigenvalue weighted by atomic mass is 10.1. The van der Waals surface area contributed by atoms with Gasteiger partial charge in [0.1, 0.15) is 17.6 Å². The van der Waals surface area contributed by atoms with E-state index < -0.39 is 5.60 Å². The van der Waals surface area contributed by atoms with E-state index in [4.69, 9.17) is 16.0 Å². The molecule has 5 rings (SSSR count). The summed E-state index contributed by atoms with van der Waals surface area (Å²) in [5, 5.41) is 16.1. The van der Waals surface area contributed by atoms with Crippen LogP contribution < -0.4 is 0 Å². The van der Waals surface area contributed by atoms with Crippen LogP contribution in [0, 0.1) is 6.92 Å². The largest absolute Gasteiger partial charge is 0.449 e. The molecule has 1 aromatic carbocycles. The fraction of sp³-hybridized carbons (Fsp3) is 0.400. The normalized spacial score (nSPS) is 15.1. The van der Waals surface area contributed by atoms with E-state index in [1.807, 2.05) is 18.9 Å². The number of piperazine rings is 1. The minimum atomic E-state index is -1.19. The molecule has 0 radical (unpaired) electrons. The molecule has 188 valence electrons. The van der Waals surface area contributed by atoms with Crippen molar-refractivity contribution >= 4 is 28.4 Å². The molecule has 1 amide bonds. The molecule has 1 fully saturated rings. The monoisotopic (exact) mass is 509 g/mol. The number of aromatic nitrogens is 5. The average molecular weight is 510 g/mol. The molecule has 0 spiro atoms. The lowest BCUT2D eigenvalue weighted by molar-refractivity contribution is 0.0627. The minimum absolute atomic E-state index is 0.117. The molecule has 11 heteroatoms. The first-order valence-electron chi connectivity index (χ1n) is 11.8. The molecule has 4 heterocycles. The van der Waals surface area contributed by atoms with Gasteiger partial charge in [0.15, 0.2) is 11.7 Å². The number of hydrogen-bond donors (Lipinski definition) is 1. The van der Waals surface area contributed by atoms with Gasteiger partial charge in [-0.3, -0.25) is 14.4 Å². The Kier molecular flexibility index (Phi) is 6.27. The van der Waals surface area contributed by atoms with Crippen molar-refractivity contribution in [3.63, 3.8) is 0 Å². The van der Waals surface area contributed by atoms with E-state index >= 15 is 0 Å². The number of nitrogens with zero attached hydrogens (tertiary/aromatic N) is 7. The van der Waals surface area contributed by atoms with E-state index in [1.165, 1.54) is 0 Å². The zero-order chi connectivity index (χ0) is 25.6. The molecule has 1 saturated heterocycles. The van der Waals surface area contributed by atoms with Crippen LogP contribution >= 0.6 is 11.6 Å². The summed E-state index contributed by atoms with van der Waals surface area (Å²) in [5.41, 5.74) is 2.06. The Morgan fingerprint density at radius 2 is 1.94 bits per heavy atom. The Hall–Kier alpha value is -3.34. The van der Waals surface area contributed by atoms with Crippen LogP contribution in [0.2, 0.25) is 5.02 Å². The van der Waals surface area contributed by atoms with Crippen molar-refractivity contribution in [2.75, 3.05) is 26.2 Å². The maximum Gasteiger partial charge on any atom is 0.255 e. The van der Waals surface area contributed by atoms with Gasteiger partial charge in [-0.1, -0.05) is 11.6 Å². The molecule has 10 nitrogen and oxygen atoms in total. The van der Waals surface area contributed by atoms with Crippen molar-refractivity contribution in [2.45, 2.75) is 32.9 Å². The van der Waals surface area contributed by atoms with Gasteiger partial charge >= 0.3 is 0 Å². The molecule has 3 aromatic heterocycles. The van der Waals surface area contributed by atoms with Crippen molar-refractivity contribution in [2.24, 2.45) is 7.05 Å². The molecule has 0 aliphatic carbocycles. The van der Waals surface area contributed by atoms with Gasteiger partial charge < -0.3 is 14.4 Å². The Morgan fingerprint density at radius 3 is 2.61 bits per heavy atom. The molecule has 0 bridgehead atoms. The maximum absolute atomic E-state index is 13.5. The molecule has 36 heavy (non-hydrogen) atoms. The van der Waals surface area contributed by atoms with Gasteiger partial charge in [-0.2, -0.15) is 5.10 Å². The minimum Gasteiger partial charge on any atom is -0.449 e. The smallest absolute Gasteiger partial charge is 0.255 e. The lowest BCUT2D eigenvalue weighted by Gasteiger charge is -2.34. The van der Waals surface area contributed by atoms with Crippen LogP contribution in [0.5, 0.6) is 0 Å². The van der Waals surface area contributed by atoms with Gasteiger partial charge in [-0.25, -0.2) is 15.0 Å². The number of hydrogen-bond acceptors (Lipinski definition) is 8. The molecule has 4 aromatic rings. The van der Waals surface area contributed by atoms with E-state index in [-0.39, 0.29) is 5.91 Å². The first-order chi connectivity index (χ1) is 17.1. The van der Waals surface area contributed by atoms with Gasteiger partial charge in [0, 0.05) is 58.3 Å². The summed E-state index contributed by atoms with van der Waals surface area (Å²) in [7, 11) is 1.82. The van der Waals surface area contributed by atoms with Gasteiger partial charge in [-0.15, -0.1) is 0 Å². The highest BCUT2D eigenvalue weighted by molar-refractivity contribution is 6.34. The number of carbonyl (C=O) groups excluding carboxylic acids is 1. The topological polar surface area (TPSA) is 113 Å². The number of fused-ring (bicyclic) bond motifs is 1. The molecule has 0 unspecified atom stereocenters. The summed E-state index contributed by atoms with van der Waals surface area (Å²) in [4.78, 5) is 30.6. The van der Waals surface area contributed by atoms with Crippen LogP contribution in [0.4, 0.5) is 0 Å². The van der Waals surface area contributed by atoms with E-state index in [2.05, 4.69) is 25.0 Å². The van der Waals surface area contributed by atoms with Crippen LogP contribution in [0.1, 0.15) is 41.6 Å². The highest BCUT2D eigenvalue weighted by atomic mass is 35.5. The quantitative estimate of drug-likeness (QED) is 0.436. The highest BCUT2D eigenvalue weighted by Crippen LogP contribution is 2.32. The standard InChI is InChI=1S/C25H28ClN7O3/c1-15-28-16(14-36-15)13-32-7-9-33(10-8-32)23(34)17-11-18-21(12-19(17)26)31(4)30-22(18)20-5-6-27-24(29-20)25(2,3)35/h5-6,11-12,14,35H,7-10,13H2,1-4H3. The number of benzene rings is 1. The van der Waals surface area contributed by atoms with E-state index in [9.17, 15) is 9.90 Å². The van der Waals surface area contributed by atoms with Crippen LogP contribution in [0.15, 0.2) is 35.1 Å². The fourth-order valence-corrected chi connectivity index (χ4v) is 4.64. The molecule has 1 aliphatic rings. The predicted molar refractivity (Wildman–Crippen MR) is 134 cm³/mol. The molecular formula is C25H28ClN7O3. The van der Waals surface area contributed by atoms with Crippen molar-refractivity contribution in [1.82, 2.24) is 34.5 Å². The Labute approximate surface area is 213 Å². The Morgan fingerprint density at radius 1 is 1.19 bits per heavy atom. The zero-order valence-corrected chi connectivity index (χ0v) is 21.5. The Balaban J connectivity index is 1.40. The van der Waals surface area contributed by atoms with Crippen molar-refractivity contribution < 1.29 is 14.3 Å². The number of amides is 1. The average Bonchev–Trinajstić information content (AvgIpc) is 3.40. The van der Waals surface area contributed by atoms with Gasteiger partial charge in [0.05, 0.1) is 27.5 Å². The van der Waals surface area contributed by atoms with Crippen LogP contribution in [-0.4, -0.2) is 71.7 Å². The van der Waals surface area contributed by atoms with Gasteiger partial charge in [0.2, 0.25) is 0 Å². The van der Waals surface area contributed by atoms with Crippen LogP contribution in [0.25, 0.3) is 22.3 Å². The summed E-state index contributed by atoms with van der Waals surface area (Å²) < 4.78 is 7.00. The summed E-state index contributed by atoms with van der Waals surface area (Å²) in [5.74, 6) is 0.827. The first kappa shape index (κ1) is 24.4. The molecule has 0 saturated carbocycles. The van der Waals surface area contributed by atoms with Crippen molar-refractivity contribution in [3.05, 3.63) is 58.7 Å². The second-order valence-electron chi connectivity index (χ2n) is 9.57. The zero-order valence-electron chi connectivity index (χ0n) is 20.7. The number of halogens is 1. The molecule has 1 N–H and O–H groups in total. The SMILES string of the molecule is Cc1nc(CN2CCN(C(=O)c3cc4c(-c5ccnc(C(C)(C)O)n5)nn(C)c4cc3Cl)CC2)co1. The third kappa shape index (κ3) is 4.71. The van der Waals surface area contributed by atoms with E-state index in [0.29, 0.717) is 53.3 Å². The third-order valence-corrected chi connectivity index (χ3v) is 6.64. The fourth-order valence-electron chi connectivity index (χ4n) is 4.41. The van der Waals surface area contributed by atoms with Gasteiger partial charge in [0.25, 0.3) is 5.91 Å². The first-order valence-corrected chi connectivity index (χ1v) is 12.1.